The molecule has 8 nitrogen and oxygen atoms in total. The summed E-state index contributed by atoms with van der Waals surface area (Å²) in [6.07, 6.45) is 2.22. The van der Waals surface area contributed by atoms with Crippen molar-refractivity contribution in [1.82, 2.24) is 4.72 Å². The number of aliphatic hydroxyl groups excluding tert-OH is 1. The summed E-state index contributed by atoms with van der Waals surface area (Å²) in [4.78, 5) is 11.3. The van der Waals surface area contributed by atoms with E-state index in [1.807, 2.05) is 0 Å². The lowest BCUT2D eigenvalue weighted by Gasteiger charge is -2.15. The Morgan fingerprint density at radius 1 is 1.38 bits per heavy atom. The number of carboxylic acids is 1. The van der Waals surface area contributed by atoms with Crippen molar-refractivity contribution in [3.05, 3.63) is 23.8 Å². The quantitative estimate of drug-likeness (QED) is 0.477. The molecule has 1 fully saturated rings. The van der Waals surface area contributed by atoms with Crippen molar-refractivity contribution in [3.63, 3.8) is 0 Å². The Labute approximate surface area is 140 Å². The monoisotopic (exact) mass is 358 g/mol. The van der Waals surface area contributed by atoms with Gasteiger partial charge in [-0.1, -0.05) is 0 Å². The lowest BCUT2D eigenvalue weighted by Crippen LogP contribution is -2.26. The lowest BCUT2D eigenvalue weighted by molar-refractivity contribution is 0.0697. The predicted octanol–water partition coefficient (Wildman–Crippen LogP) is 0.636. The Balaban J connectivity index is 2.14. The molecule has 1 aromatic carbocycles. The van der Waals surface area contributed by atoms with Gasteiger partial charge < -0.3 is 20.3 Å². The predicted molar refractivity (Wildman–Crippen MR) is 87.8 cm³/mol. The van der Waals surface area contributed by atoms with E-state index in [2.05, 4.69) is 10.0 Å². The molecule has 1 aliphatic rings. The molecule has 2 rings (SSSR count). The third kappa shape index (κ3) is 4.91. The zero-order valence-corrected chi connectivity index (χ0v) is 14.0. The van der Waals surface area contributed by atoms with Gasteiger partial charge in [0.1, 0.15) is 0 Å². The molecule has 1 aromatic rings. The van der Waals surface area contributed by atoms with Crippen LogP contribution in [0.2, 0.25) is 0 Å². The van der Waals surface area contributed by atoms with E-state index in [0.717, 1.165) is 18.9 Å². The second-order valence-corrected chi connectivity index (χ2v) is 7.27. The van der Waals surface area contributed by atoms with Gasteiger partial charge in [-0.15, -0.1) is 0 Å². The van der Waals surface area contributed by atoms with Crippen molar-refractivity contribution in [1.29, 1.82) is 0 Å². The van der Waals surface area contributed by atoms with Crippen LogP contribution in [-0.2, 0) is 14.8 Å². The molecule has 0 unspecified atom stereocenters. The fourth-order valence-electron chi connectivity index (χ4n) is 2.42. The molecule has 4 N–H and O–H groups in total. The van der Waals surface area contributed by atoms with E-state index in [-0.39, 0.29) is 36.1 Å². The zero-order chi connectivity index (χ0) is 17.6. The summed E-state index contributed by atoms with van der Waals surface area (Å²) in [5, 5.41) is 21.1. The average Bonchev–Trinajstić information content (AvgIpc) is 3.06. The first-order chi connectivity index (χ1) is 11.4. The van der Waals surface area contributed by atoms with Gasteiger partial charge in [-0.05, 0) is 37.5 Å². The maximum Gasteiger partial charge on any atom is 0.337 e. The second kappa shape index (κ2) is 8.43. The number of nitrogens with one attached hydrogen (secondary N) is 2. The van der Waals surface area contributed by atoms with Crippen LogP contribution in [0.25, 0.3) is 0 Å². The van der Waals surface area contributed by atoms with E-state index in [4.69, 9.17) is 9.84 Å². The molecule has 0 bridgehead atoms. The number of carboxylic acid groups (broad SMARTS) is 1. The van der Waals surface area contributed by atoms with E-state index >= 15 is 0 Å². The molecule has 1 heterocycles. The van der Waals surface area contributed by atoms with Crippen LogP contribution >= 0.6 is 0 Å². The molecule has 24 heavy (non-hydrogen) atoms. The smallest absolute Gasteiger partial charge is 0.337 e. The molecule has 0 aromatic heterocycles. The SMILES string of the molecule is O=C(O)c1cc(S(=O)(=O)NCCCO)ccc1NC[C@H]1CCCO1. The Hall–Kier alpha value is -1.68. The Kier molecular flexibility index (Phi) is 6.55. The zero-order valence-electron chi connectivity index (χ0n) is 13.2. The van der Waals surface area contributed by atoms with E-state index < -0.39 is 16.0 Å². The number of rotatable bonds is 9. The van der Waals surface area contributed by atoms with Crippen LogP contribution in [-0.4, -0.2) is 57.0 Å². The van der Waals surface area contributed by atoms with Crippen LogP contribution in [0.1, 0.15) is 29.6 Å². The third-order valence-electron chi connectivity index (χ3n) is 3.70. The molecule has 0 saturated carbocycles. The number of sulfonamides is 1. The van der Waals surface area contributed by atoms with E-state index in [1.54, 1.807) is 0 Å². The largest absolute Gasteiger partial charge is 0.478 e. The number of ether oxygens (including phenoxy) is 1. The van der Waals surface area contributed by atoms with Crippen LogP contribution in [0.15, 0.2) is 23.1 Å². The number of anilines is 1. The first-order valence-corrected chi connectivity index (χ1v) is 9.25. The first-order valence-electron chi connectivity index (χ1n) is 7.77. The molecule has 0 aliphatic carbocycles. The van der Waals surface area contributed by atoms with Crippen LogP contribution in [0.4, 0.5) is 5.69 Å². The van der Waals surface area contributed by atoms with E-state index in [1.165, 1.54) is 12.1 Å². The minimum Gasteiger partial charge on any atom is -0.478 e. The van der Waals surface area contributed by atoms with Crippen LogP contribution < -0.4 is 10.0 Å². The summed E-state index contributed by atoms with van der Waals surface area (Å²) in [7, 11) is -3.81. The van der Waals surface area contributed by atoms with Crippen molar-refractivity contribution >= 4 is 21.7 Å². The minimum atomic E-state index is -3.81. The maximum absolute atomic E-state index is 12.1. The number of hydrogen-bond acceptors (Lipinski definition) is 6. The molecule has 0 spiro atoms. The molecule has 134 valence electrons. The lowest BCUT2D eigenvalue weighted by atomic mass is 10.1. The maximum atomic E-state index is 12.1. The Morgan fingerprint density at radius 2 is 2.17 bits per heavy atom. The van der Waals surface area contributed by atoms with E-state index in [9.17, 15) is 18.3 Å². The van der Waals surface area contributed by atoms with Gasteiger partial charge >= 0.3 is 5.97 Å². The van der Waals surface area contributed by atoms with Gasteiger partial charge in [0.15, 0.2) is 0 Å². The van der Waals surface area contributed by atoms with Crippen LogP contribution in [0, 0.1) is 0 Å². The summed E-state index contributed by atoms with van der Waals surface area (Å²) in [5.74, 6) is -1.21. The highest BCUT2D eigenvalue weighted by atomic mass is 32.2. The number of hydrogen-bond donors (Lipinski definition) is 4. The van der Waals surface area contributed by atoms with Gasteiger partial charge in [-0.3, -0.25) is 0 Å². The number of aliphatic hydroxyl groups is 1. The highest BCUT2D eigenvalue weighted by Crippen LogP contribution is 2.22. The van der Waals surface area contributed by atoms with Gasteiger partial charge in [0, 0.05) is 32.0 Å². The molecule has 9 heteroatoms. The van der Waals surface area contributed by atoms with Gasteiger partial charge in [-0.2, -0.15) is 0 Å². The van der Waals surface area contributed by atoms with Gasteiger partial charge in [0.25, 0.3) is 0 Å². The molecule has 1 saturated heterocycles. The topological polar surface area (TPSA) is 125 Å². The van der Waals surface area contributed by atoms with Crippen molar-refractivity contribution in [2.45, 2.75) is 30.3 Å². The van der Waals surface area contributed by atoms with Crippen molar-refractivity contribution in [2.24, 2.45) is 0 Å². The highest BCUT2D eigenvalue weighted by Gasteiger charge is 2.20. The summed E-state index contributed by atoms with van der Waals surface area (Å²) in [5.41, 5.74) is 0.241. The molecule has 1 atom stereocenters. The molecular formula is C15H22N2O6S. The molecule has 0 amide bonds. The molecule has 1 aliphatic heterocycles. The summed E-state index contributed by atoms with van der Waals surface area (Å²) >= 11 is 0. The van der Waals surface area contributed by atoms with Gasteiger partial charge in [0.05, 0.1) is 16.6 Å². The van der Waals surface area contributed by atoms with Crippen molar-refractivity contribution in [2.75, 3.05) is 31.6 Å². The summed E-state index contributed by atoms with van der Waals surface area (Å²) in [6.45, 7) is 1.13. The average molecular weight is 358 g/mol. The standard InChI is InChI=1S/C15H22N2O6S/c18-7-2-6-17-24(21,22)12-4-5-14(13(9-12)15(19)20)16-10-11-3-1-8-23-11/h4-5,9,11,16-18H,1-3,6-8,10H2,(H,19,20)/t11-/m1/s1. The van der Waals surface area contributed by atoms with Crippen molar-refractivity contribution < 1.29 is 28.2 Å². The van der Waals surface area contributed by atoms with Crippen LogP contribution in [0.5, 0.6) is 0 Å². The fraction of sp³-hybridized carbons (Fsp3) is 0.533. The molecule has 0 radical (unpaired) electrons. The van der Waals surface area contributed by atoms with Crippen LogP contribution in [0.3, 0.4) is 0 Å². The number of carbonyl (C=O) groups is 1. The van der Waals surface area contributed by atoms with Crippen molar-refractivity contribution in [3.8, 4) is 0 Å². The first kappa shape index (κ1) is 18.7. The normalized spacial score (nSPS) is 17.8. The number of benzene rings is 1. The summed E-state index contributed by atoms with van der Waals surface area (Å²) < 4.78 is 32.1. The number of aromatic carboxylic acids is 1. The minimum absolute atomic E-state index is 0.0372. The molecular weight excluding hydrogens is 336 g/mol. The Morgan fingerprint density at radius 3 is 2.79 bits per heavy atom. The third-order valence-corrected chi connectivity index (χ3v) is 5.16. The van der Waals surface area contributed by atoms with Gasteiger partial charge in [-0.25, -0.2) is 17.9 Å². The second-order valence-electron chi connectivity index (χ2n) is 5.50. The fourth-order valence-corrected chi connectivity index (χ4v) is 3.52. The van der Waals surface area contributed by atoms with Gasteiger partial charge in [0.2, 0.25) is 10.0 Å². The van der Waals surface area contributed by atoms with E-state index in [0.29, 0.717) is 18.8 Å². The highest BCUT2D eigenvalue weighted by molar-refractivity contribution is 7.89. The summed E-state index contributed by atoms with van der Waals surface area (Å²) in [6, 6.07) is 3.92. The Bertz CT molecular complexity index is 671.